The van der Waals surface area contributed by atoms with Gasteiger partial charge in [0.15, 0.2) is 35.4 Å². The average Bonchev–Trinajstić information content (AvgIpc) is 3.13. The van der Waals surface area contributed by atoms with Gasteiger partial charge in [-0.25, -0.2) is 4.79 Å². The van der Waals surface area contributed by atoms with E-state index in [0.29, 0.717) is 23.3 Å². The summed E-state index contributed by atoms with van der Waals surface area (Å²) in [5, 5.41) is 0. The maximum Gasteiger partial charge on any atom is 0.339 e. The predicted molar refractivity (Wildman–Crippen MR) is 105 cm³/mol. The molecule has 8 heteroatoms. The van der Waals surface area contributed by atoms with E-state index in [1.165, 1.54) is 7.11 Å². The van der Waals surface area contributed by atoms with E-state index >= 15 is 0 Å². The predicted octanol–water partition coefficient (Wildman–Crippen LogP) is 3.71. The number of carbonyl (C=O) groups is 2. The summed E-state index contributed by atoms with van der Waals surface area (Å²) in [6.45, 7) is 10.8. The van der Waals surface area contributed by atoms with E-state index in [9.17, 15) is 9.59 Å². The van der Waals surface area contributed by atoms with Crippen LogP contribution in [0.1, 0.15) is 63.6 Å². The number of esters is 1. The molecule has 162 valence electrons. The Bertz CT molecular complexity index is 913. The largest absolute Gasteiger partial charge is 0.467 e. The van der Waals surface area contributed by atoms with Crippen LogP contribution in [0.15, 0.2) is 11.6 Å². The van der Waals surface area contributed by atoms with Crippen molar-refractivity contribution in [1.82, 2.24) is 0 Å². The minimum absolute atomic E-state index is 0.124. The highest BCUT2D eigenvalue weighted by Crippen LogP contribution is 2.60. The lowest BCUT2D eigenvalue weighted by Crippen LogP contribution is -2.35. The molecule has 0 saturated carbocycles. The van der Waals surface area contributed by atoms with Crippen LogP contribution in [0, 0.1) is 5.92 Å². The number of benzene rings is 1. The van der Waals surface area contributed by atoms with Crippen molar-refractivity contribution in [3.63, 3.8) is 0 Å². The van der Waals surface area contributed by atoms with Crippen LogP contribution in [0.2, 0.25) is 0 Å². The number of methoxy groups -OCH3 is 1. The highest BCUT2D eigenvalue weighted by Gasteiger charge is 2.48. The molecule has 0 unspecified atom stereocenters. The molecule has 0 radical (unpaired) electrons. The van der Waals surface area contributed by atoms with Crippen molar-refractivity contribution in [2.45, 2.75) is 65.3 Å². The van der Waals surface area contributed by atoms with E-state index in [4.69, 9.17) is 28.4 Å². The Morgan fingerprint density at radius 3 is 1.97 bits per heavy atom. The number of hydrogen-bond acceptors (Lipinski definition) is 8. The van der Waals surface area contributed by atoms with Gasteiger partial charge in [0.1, 0.15) is 5.56 Å². The van der Waals surface area contributed by atoms with Crippen LogP contribution >= 0.6 is 0 Å². The number of rotatable bonds is 3. The summed E-state index contributed by atoms with van der Waals surface area (Å²) >= 11 is 0. The van der Waals surface area contributed by atoms with Crippen LogP contribution in [0.25, 0.3) is 0 Å². The highest BCUT2D eigenvalue weighted by atomic mass is 16.7. The number of aldehydes is 1. The van der Waals surface area contributed by atoms with Crippen LogP contribution < -0.4 is 18.9 Å². The maximum absolute atomic E-state index is 12.3. The van der Waals surface area contributed by atoms with Crippen molar-refractivity contribution >= 4 is 12.3 Å². The number of fused-ring (bicyclic) bond motifs is 2. The minimum Gasteiger partial charge on any atom is -0.467 e. The normalized spacial score (nSPS) is 27.4. The fourth-order valence-electron chi connectivity index (χ4n) is 4.14. The van der Waals surface area contributed by atoms with Gasteiger partial charge in [-0.3, -0.25) is 4.79 Å². The lowest BCUT2D eigenvalue weighted by Gasteiger charge is -2.33. The second-order valence-corrected chi connectivity index (χ2v) is 8.70. The van der Waals surface area contributed by atoms with Gasteiger partial charge in [0.25, 0.3) is 0 Å². The smallest absolute Gasteiger partial charge is 0.339 e. The Balaban J connectivity index is 1.93. The van der Waals surface area contributed by atoms with E-state index in [2.05, 4.69) is 0 Å². The summed E-state index contributed by atoms with van der Waals surface area (Å²) < 4.78 is 35.2. The van der Waals surface area contributed by atoms with E-state index < -0.39 is 29.8 Å². The molecular weight excluding hydrogens is 392 g/mol. The third kappa shape index (κ3) is 3.10. The van der Waals surface area contributed by atoms with Gasteiger partial charge in [0.05, 0.1) is 18.8 Å². The van der Waals surface area contributed by atoms with Gasteiger partial charge < -0.3 is 28.4 Å². The first kappa shape index (κ1) is 20.5. The van der Waals surface area contributed by atoms with Crippen LogP contribution in [-0.2, 0) is 14.3 Å². The van der Waals surface area contributed by atoms with Crippen molar-refractivity contribution in [1.29, 1.82) is 0 Å². The number of carbonyl (C=O) groups excluding carboxylic acids is 2. The van der Waals surface area contributed by atoms with Crippen LogP contribution in [0.3, 0.4) is 0 Å². The molecule has 3 aliphatic heterocycles. The summed E-state index contributed by atoms with van der Waals surface area (Å²) in [6.07, 6.45) is 1.16. The van der Waals surface area contributed by atoms with Gasteiger partial charge >= 0.3 is 5.97 Å². The van der Waals surface area contributed by atoms with Gasteiger partial charge in [-0.1, -0.05) is 13.0 Å². The molecule has 30 heavy (non-hydrogen) atoms. The first-order valence-electron chi connectivity index (χ1n) is 9.84. The standard InChI is InChI=1S/C22H26O8/c1-10-8-11(2)15(20(24)25-7)26-14(10)13-18-16(27-21(3,4)29-18)12(9-23)17-19(13)30-22(5,6)28-17/h8-10,14-15H,1-7H3/t10-,14-,15+/m0/s1. The Kier molecular flexibility index (Phi) is 4.54. The van der Waals surface area contributed by atoms with Crippen LogP contribution in [0.5, 0.6) is 23.0 Å². The van der Waals surface area contributed by atoms with Crippen molar-refractivity contribution < 1.29 is 38.0 Å². The second kappa shape index (κ2) is 6.63. The molecular formula is C22H26O8. The first-order valence-corrected chi connectivity index (χ1v) is 9.84. The molecule has 0 fully saturated rings. The van der Waals surface area contributed by atoms with E-state index in [1.807, 2.05) is 19.9 Å². The Hall–Kier alpha value is -2.74. The van der Waals surface area contributed by atoms with Gasteiger partial charge in [-0.05, 0) is 12.5 Å². The third-order valence-electron chi connectivity index (χ3n) is 5.30. The molecule has 0 saturated heterocycles. The van der Waals surface area contributed by atoms with Crippen LogP contribution in [-0.4, -0.2) is 37.0 Å². The zero-order valence-corrected chi connectivity index (χ0v) is 18.2. The lowest BCUT2D eigenvalue weighted by molar-refractivity contribution is -0.158. The van der Waals surface area contributed by atoms with Gasteiger partial charge in [0.2, 0.25) is 11.6 Å². The molecule has 4 rings (SSSR count). The van der Waals surface area contributed by atoms with E-state index in [0.717, 1.165) is 5.57 Å². The summed E-state index contributed by atoms with van der Waals surface area (Å²) in [5.74, 6) is -1.33. The topological polar surface area (TPSA) is 89.5 Å². The van der Waals surface area contributed by atoms with Gasteiger partial charge in [-0.15, -0.1) is 0 Å². The average molecular weight is 418 g/mol. The summed E-state index contributed by atoms with van der Waals surface area (Å²) in [4.78, 5) is 24.2. The van der Waals surface area contributed by atoms with Gasteiger partial charge in [-0.2, -0.15) is 0 Å². The monoisotopic (exact) mass is 418 g/mol. The zero-order valence-electron chi connectivity index (χ0n) is 18.2. The fraction of sp³-hybridized carbons (Fsp3) is 0.545. The first-order chi connectivity index (χ1) is 14.0. The molecule has 0 bridgehead atoms. The minimum atomic E-state index is -0.995. The summed E-state index contributed by atoms with van der Waals surface area (Å²) in [6, 6.07) is 0. The van der Waals surface area contributed by atoms with Crippen molar-refractivity contribution in [3.05, 3.63) is 22.8 Å². The number of ether oxygens (including phenoxy) is 6. The Morgan fingerprint density at radius 2 is 1.50 bits per heavy atom. The zero-order chi connectivity index (χ0) is 22.0. The Morgan fingerprint density at radius 1 is 1.00 bits per heavy atom. The molecule has 8 nitrogen and oxygen atoms in total. The van der Waals surface area contributed by atoms with Crippen molar-refractivity contribution in [2.75, 3.05) is 7.11 Å². The third-order valence-corrected chi connectivity index (χ3v) is 5.30. The molecule has 3 aliphatic rings. The lowest BCUT2D eigenvalue weighted by atomic mass is 9.88. The molecule has 3 atom stereocenters. The Labute approximate surface area is 175 Å². The molecule has 0 amide bonds. The fourth-order valence-corrected chi connectivity index (χ4v) is 4.14. The van der Waals surface area contributed by atoms with E-state index in [1.54, 1.807) is 27.7 Å². The van der Waals surface area contributed by atoms with Crippen molar-refractivity contribution in [3.8, 4) is 23.0 Å². The molecule has 0 spiro atoms. The summed E-state index contributed by atoms with van der Waals surface area (Å²) in [5.41, 5.74) is 1.53. The van der Waals surface area contributed by atoms with Gasteiger partial charge in [0, 0.05) is 33.6 Å². The summed E-state index contributed by atoms with van der Waals surface area (Å²) in [7, 11) is 1.32. The molecule has 0 aromatic heterocycles. The second-order valence-electron chi connectivity index (χ2n) is 8.70. The van der Waals surface area contributed by atoms with Crippen LogP contribution in [0.4, 0.5) is 0 Å². The molecule has 1 aromatic rings. The quantitative estimate of drug-likeness (QED) is 0.417. The van der Waals surface area contributed by atoms with Crippen molar-refractivity contribution in [2.24, 2.45) is 5.92 Å². The SMILES string of the molecule is COC(=O)[C@@H]1O[C@H](c2c3c(c(C=O)c4c2OC(C)(C)O4)OC(C)(C)O3)[C@@H](C)C=C1C. The molecule has 3 heterocycles. The molecule has 0 aliphatic carbocycles. The number of hydrogen-bond donors (Lipinski definition) is 0. The maximum atomic E-state index is 12.3. The molecule has 1 aromatic carbocycles. The molecule has 0 N–H and O–H groups in total. The highest BCUT2D eigenvalue weighted by molar-refractivity contribution is 5.90. The van der Waals surface area contributed by atoms with E-state index in [-0.39, 0.29) is 23.0 Å².